The van der Waals surface area contributed by atoms with E-state index >= 15 is 0 Å². The molecule has 2 rings (SSSR count). The maximum Gasteiger partial charge on any atom is 0.179 e. The molecule has 2 aromatic carbocycles. The fourth-order valence-electron chi connectivity index (χ4n) is 2.00. The van der Waals surface area contributed by atoms with Crippen LogP contribution >= 0.6 is 23.2 Å². The quantitative estimate of drug-likeness (QED) is 0.608. The Morgan fingerprint density at radius 2 is 0.960 bits per heavy atom. The van der Waals surface area contributed by atoms with Gasteiger partial charge in [-0.05, 0) is 48.5 Å². The zero-order chi connectivity index (χ0) is 18.5. The zero-order valence-corrected chi connectivity index (χ0v) is 16.2. The number of hydrogen-bond donors (Lipinski definition) is 0. The van der Waals surface area contributed by atoms with Crippen molar-refractivity contribution in [2.24, 2.45) is 0 Å². The lowest BCUT2D eigenvalue weighted by atomic mass is 10.3. The molecule has 0 aromatic heterocycles. The molecule has 0 unspecified atom stereocenters. The van der Waals surface area contributed by atoms with Crippen molar-refractivity contribution in [2.75, 3.05) is 23.3 Å². The highest BCUT2D eigenvalue weighted by Crippen LogP contribution is 2.25. The summed E-state index contributed by atoms with van der Waals surface area (Å²) in [5.74, 6) is 0.654. The first-order chi connectivity index (χ1) is 11.8. The minimum absolute atomic E-state index is 0.0273. The summed E-state index contributed by atoms with van der Waals surface area (Å²) in [4.78, 5) is 0.339. The van der Waals surface area contributed by atoms with Crippen molar-refractivity contribution in [1.82, 2.24) is 0 Å². The van der Waals surface area contributed by atoms with Crippen LogP contribution in [0.15, 0.2) is 58.3 Å². The number of sulfone groups is 2. The Hall–Kier alpha value is -1.28. The Labute approximate surface area is 157 Å². The Morgan fingerprint density at radius 1 is 0.640 bits per heavy atom. The predicted octanol–water partition coefficient (Wildman–Crippen LogP) is 3.50. The van der Waals surface area contributed by atoms with E-state index in [1.165, 1.54) is 48.5 Å². The van der Waals surface area contributed by atoms with E-state index in [0.29, 0.717) is 11.5 Å². The Morgan fingerprint density at radius 3 is 1.24 bits per heavy atom. The Kier molecular flexibility index (Phi) is 6.73. The second-order valence-corrected chi connectivity index (χ2v) is 10.0. The number of ether oxygens (including phenoxy) is 1. The molecule has 0 fully saturated rings. The molecule has 0 heterocycles. The van der Waals surface area contributed by atoms with Crippen LogP contribution in [-0.4, -0.2) is 40.1 Å². The molecule has 0 aliphatic rings. The summed E-state index contributed by atoms with van der Waals surface area (Å²) in [7, 11) is -6.78. The highest BCUT2D eigenvalue weighted by Gasteiger charge is 2.15. The zero-order valence-electron chi connectivity index (χ0n) is 13.1. The minimum atomic E-state index is -3.39. The molecule has 0 N–H and O–H groups in total. The van der Waals surface area contributed by atoms with Crippen LogP contribution in [0.25, 0.3) is 0 Å². The van der Waals surface area contributed by atoms with E-state index in [9.17, 15) is 16.8 Å². The standard InChI is InChI=1S/C16H16Cl2O5S2/c17-9-11-24(19,20)15-5-1-13(2-6-15)23-14-3-7-16(8-4-14)25(21,22)12-10-18/h1-8H,9-12H2. The molecule has 0 saturated heterocycles. The summed E-state index contributed by atoms with van der Waals surface area (Å²) < 4.78 is 53.2. The maximum atomic E-state index is 11.9. The highest BCUT2D eigenvalue weighted by atomic mass is 35.5. The van der Waals surface area contributed by atoms with Gasteiger partial charge in [0.1, 0.15) is 11.5 Å². The molecule has 0 saturated carbocycles. The smallest absolute Gasteiger partial charge is 0.179 e. The van der Waals surface area contributed by atoms with Gasteiger partial charge < -0.3 is 4.74 Å². The third-order valence-corrected chi connectivity index (χ3v) is 7.58. The van der Waals surface area contributed by atoms with E-state index in [1.54, 1.807) is 0 Å². The summed E-state index contributed by atoms with van der Waals surface area (Å²) in [5, 5.41) is 0. The summed E-state index contributed by atoms with van der Waals surface area (Å²) in [6.45, 7) is 0. The summed E-state index contributed by atoms with van der Waals surface area (Å²) in [6.07, 6.45) is 0. The third kappa shape index (κ3) is 5.34. The number of rotatable bonds is 8. The number of benzene rings is 2. The van der Waals surface area contributed by atoms with Crippen LogP contribution in [0.5, 0.6) is 11.5 Å². The van der Waals surface area contributed by atoms with Gasteiger partial charge in [-0.3, -0.25) is 0 Å². The van der Waals surface area contributed by atoms with Crippen LogP contribution < -0.4 is 4.74 Å². The van der Waals surface area contributed by atoms with E-state index in [1.807, 2.05) is 0 Å². The van der Waals surface area contributed by atoms with Crippen LogP contribution in [0.1, 0.15) is 0 Å². The fraction of sp³-hybridized carbons (Fsp3) is 0.250. The molecule has 0 bridgehead atoms. The average Bonchev–Trinajstić information content (AvgIpc) is 2.56. The molecule has 136 valence electrons. The molecule has 0 aliphatic heterocycles. The second-order valence-electron chi connectivity index (χ2n) is 5.06. The summed E-state index contributed by atoms with van der Waals surface area (Å²) in [5.41, 5.74) is 0. The molecule has 0 radical (unpaired) electrons. The van der Waals surface area contributed by atoms with E-state index in [2.05, 4.69) is 0 Å². The first kappa shape index (κ1) is 20.0. The topological polar surface area (TPSA) is 77.5 Å². The number of hydrogen-bond acceptors (Lipinski definition) is 5. The van der Waals surface area contributed by atoms with Gasteiger partial charge >= 0.3 is 0 Å². The van der Waals surface area contributed by atoms with Gasteiger partial charge in [0.05, 0.1) is 21.3 Å². The van der Waals surface area contributed by atoms with E-state index < -0.39 is 19.7 Å². The monoisotopic (exact) mass is 422 g/mol. The van der Waals surface area contributed by atoms with E-state index in [4.69, 9.17) is 27.9 Å². The molecule has 25 heavy (non-hydrogen) atoms. The normalized spacial score (nSPS) is 12.1. The van der Waals surface area contributed by atoms with E-state index in [0.717, 1.165) is 0 Å². The molecular weight excluding hydrogens is 407 g/mol. The first-order valence-corrected chi connectivity index (χ1v) is 11.6. The maximum absolute atomic E-state index is 11.9. The average molecular weight is 423 g/mol. The van der Waals surface area contributed by atoms with Crippen molar-refractivity contribution in [1.29, 1.82) is 0 Å². The second kappa shape index (κ2) is 8.40. The lowest BCUT2D eigenvalue weighted by Gasteiger charge is -2.08. The molecule has 0 aliphatic carbocycles. The Balaban J connectivity index is 2.13. The number of halogens is 2. The van der Waals surface area contributed by atoms with Crippen molar-refractivity contribution in [2.45, 2.75) is 9.79 Å². The van der Waals surface area contributed by atoms with Crippen LogP contribution in [0, 0.1) is 0 Å². The predicted molar refractivity (Wildman–Crippen MR) is 98.5 cm³/mol. The van der Waals surface area contributed by atoms with Crippen LogP contribution in [0.2, 0.25) is 0 Å². The molecule has 9 heteroatoms. The van der Waals surface area contributed by atoms with Crippen LogP contribution in [0.3, 0.4) is 0 Å². The molecule has 0 spiro atoms. The molecule has 0 atom stereocenters. The molecule has 2 aromatic rings. The van der Waals surface area contributed by atoms with Gasteiger partial charge in [-0.1, -0.05) is 0 Å². The third-order valence-electron chi connectivity index (χ3n) is 3.29. The van der Waals surface area contributed by atoms with Gasteiger partial charge in [-0.2, -0.15) is 0 Å². The van der Waals surface area contributed by atoms with Gasteiger partial charge in [-0.15, -0.1) is 23.2 Å². The van der Waals surface area contributed by atoms with Crippen LogP contribution in [-0.2, 0) is 19.7 Å². The van der Waals surface area contributed by atoms with Crippen molar-refractivity contribution < 1.29 is 21.6 Å². The van der Waals surface area contributed by atoms with Crippen molar-refractivity contribution >= 4 is 42.9 Å². The molecule has 5 nitrogen and oxygen atoms in total. The lowest BCUT2D eigenvalue weighted by molar-refractivity contribution is 0.481. The van der Waals surface area contributed by atoms with Crippen molar-refractivity contribution in [3.8, 4) is 11.5 Å². The fourth-order valence-corrected chi connectivity index (χ4v) is 5.20. The summed E-state index contributed by atoms with van der Waals surface area (Å²) in [6, 6.07) is 11.9. The van der Waals surface area contributed by atoms with Gasteiger partial charge in [0.2, 0.25) is 0 Å². The molecular formula is C16H16Cl2O5S2. The van der Waals surface area contributed by atoms with Crippen molar-refractivity contribution in [3.63, 3.8) is 0 Å². The van der Waals surface area contributed by atoms with Crippen molar-refractivity contribution in [3.05, 3.63) is 48.5 Å². The Bertz CT molecular complexity index is 829. The SMILES string of the molecule is O=S(=O)(CCCl)c1ccc(Oc2ccc(S(=O)(=O)CCCl)cc2)cc1. The highest BCUT2D eigenvalue weighted by molar-refractivity contribution is 7.91. The van der Waals surface area contributed by atoms with Crippen LogP contribution in [0.4, 0.5) is 0 Å². The van der Waals surface area contributed by atoms with Gasteiger partial charge in [-0.25, -0.2) is 16.8 Å². The minimum Gasteiger partial charge on any atom is -0.457 e. The largest absolute Gasteiger partial charge is 0.457 e. The van der Waals surface area contributed by atoms with Gasteiger partial charge in [0.15, 0.2) is 19.7 Å². The van der Waals surface area contributed by atoms with Gasteiger partial charge in [0.25, 0.3) is 0 Å². The summed E-state index contributed by atoms with van der Waals surface area (Å²) >= 11 is 11.0. The lowest BCUT2D eigenvalue weighted by Crippen LogP contribution is -2.07. The molecule has 0 amide bonds. The van der Waals surface area contributed by atoms with E-state index in [-0.39, 0.29) is 33.1 Å². The number of alkyl halides is 2. The first-order valence-electron chi connectivity index (χ1n) is 7.24. The van der Waals surface area contributed by atoms with Gasteiger partial charge in [0, 0.05) is 11.8 Å².